The number of benzene rings is 1. The lowest BCUT2D eigenvalue weighted by atomic mass is 9.87. The van der Waals surface area contributed by atoms with E-state index in [1.54, 1.807) is 12.1 Å². The van der Waals surface area contributed by atoms with Crippen LogP contribution in [0.3, 0.4) is 0 Å². The van der Waals surface area contributed by atoms with Gasteiger partial charge in [-0.05, 0) is 30.0 Å². The first kappa shape index (κ1) is 23.6. The van der Waals surface area contributed by atoms with Gasteiger partial charge < -0.3 is 10.5 Å². The van der Waals surface area contributed by atoms with E-state index in [1.165, 1.54) is 24.5 Å². The summed E-state index contributed by atoms with van der Waals surface area (Å²) < 4.78 is 23.8. The second kappa shape index (κ2) is 10.1. The molecule has 0 radical (unpaired) electrons. The predicted molar refractivity (Wildman–Crippen MR) is 118 cm³/mol. The molecule has 1 aromatic carbocycles. The average molecular weight is 476 g/mol. The molecular formula is C21H22ClN5O4S. The van der Waals surface area contributed by atoms with E-state index >= 15 is 0 Å². The summed E-state index contributed by atoms with van der Waals surface area (Å²) in [6, 6.07) is 6.26. The molecule has 2 N–H and O–H groups in total. The Balaban J connectivity index is 1.86. The van der Waals surface area contributed by atoms with Crippen LogP contribution in [0.2, 0.25) is 5.02 Å². The number of halogens is 1. The number of aromatic nitrogens is 2. The Morgan fingerprint density at radius 2 is 2.06 bits per heavy atom. The minimum Gasteiger partial charge on any atom is -0.410 e. The lowest BCUT2D eigenvalue weighted by Crippen LogP contribution is -2.24. The number of sulfone groups is 1. The summed E-state index contributed by atoms with van der Waals surface area (Å²) in [6.07, 6.45) is 8.47. The van der Waals surface area contributed by atoms with Gasteiger partial charge in [-0.1, -0.05) is 48.5 Å². The van der Waals surface area contributed by atoms with Gasteiger partial charge in [0.15, 0.2) is 15.7 Å². The number of nitriles is 1. The third kappa shape index (κ3) is 5.60. The Kier molecular flexibility index (Phi) is 7.43. The molecule has 1 unspecified atom stereocenters. The second-order valence-corrected chi connectivity index (χ2v) is 10.1. The number of nitrogens with one attached hydrogen (secondary N) is 1. The van der Waals surface area contributed by atoms with Crippen LogP contribution in [-0.2, 0) is 14.6 Å². The van der Waals surface area contributed by atoms with E-state index in [9.17, 15) is 13.2 Å². The SMILES string of the molecule is CS(=O)(=O)c1ccc(C(CC2CCCC2)C(=O)Nc2cnc(/C(C#N)=N\O)cn2)cc1Cl. The molecule has 1 aliphatic carbocycles. The molecule has 1 aromatic heterocycles. The highest BCUT2D eigenvalue weighted by atomic mass is 35.5. The van der Waals surface area contributed by atoms with Crippen LogP contribution in [0.4, 0.5) is 5.82 Å². The van der Waals surface area contributed by atoms with Crippen LogP contribution >= 0.6 is 11.6 Å². The normalized spacial score (nSPS) is 15.8. The molecule has 168 valence electrons. The first-order chi connectivity index (χ1) is 15.2. The smallest absolute Gasteiger partial charge is 0.233 e. The number of hydrogen-bond acceptors (Lipinski definition) is 8. The minimum atomic E-state index is -3.48. The highest BCUT2D eigenvalue weighted by Gasteiger charge is 2.28. The first-order valence-corrected chi connectivity index (χ1v) is 12.2. The summed E-state index contributed by atoms with van der Waals surface area (Å²) in [7, 11) is -3.48. The van der Waals surface area contributed by atoms with Crippen molar-refractivity contribution in [3.63, 3.8) is 0 Å². The minimum absolute atomic E-state index is 0.0169. The number of nitrogens with zero attached hydrogens (tertiary/aromatic N) is 4. The van der Waals surface area contributed by atoms with Gasteiger partial charge in [-0.2, -0.15) is 5.26 Å². The van der Waals surface area contributed by atoms with Gasteiger partial charge in [0.25, 0.3) is 0 Å². The van der Waals surface area contributed by atoms with Crippen LogP contribution in [0.15, 0.2) is 40.6 Å². The Hall–Kier alpha value is -3.03. The summed E-state index contributed by atoms with van der Waals surface area (Å²) in [5.74, 6) is -0.325. The maximum atomic E-state index is 13.2. The fraction of sp³-hybridized carbons (Fsp3) is 0.381. The van der Waals surface area contributed by atoms with Crippen molar-refractivity contribution < 1.29 is 18.4 Å². The highest BCUT2D eigenvalue weighted by molar-refractivity contribution is 7.90. The van der Waals surface area contributed by atoms with Crippen LogP contribution < -0.4 is 5.32 Å². The van der Waals surface area contributed by atoms with E-state index in [4.69, 9.17) is 22.1 Å². The number of oxime groups is 1. The summed E-state index contributed by atoms with van der Waals surface area (Å²) in [5.41, 5.74) is 0.393. The Morgan fingerprint density at radius 3 is 2.59 bits per heavy atom. The molecule has 32 heavy (non-hydrogen) atoms. The van der Waals surface area contributed by atoms with Crippen LogP contribution in [-0.4, -0.2) is 41.5 Å². The van der Waals surface area contributed by atoms with Crippen molar-refractivity contribution in [2.24, 2.45) is 11.1 Å². The van der Waals surface area contributed by atoms with Gasteiger partial charge >= 0.3 is 0 Å². The molecule has 11 heteroatoms. The van der Waals surface area contributed by atoms with Gasteiger partial charge in [0.1, 0.15) is 11.8 Å². The van der Waals surface area contributed by atoms with E-state index in [1.807, 2.05) is 0 Å². The molecule has 0 bridgehead atoms. The lowest BCUT2D eigenvalue weighted by Gasteiger charge is -2.21. The summed E-state index contributed by atoms with van der Waals surface area (Å²) in [5, 5.41) is 23.3. The van der Waals surface area contributed by atoms with Crippen LogP contribution in [0.5, 0.6) is 0 Å². The molecule has 1 aliphatic rings. The predicted octanol–water partition coefficient (Wildman–Crippen LogP) is 3.54. The Bertz CT molecular complexity index is 1170. The van der Waals surface area contributed by atoms with Gasteiger partial charge in [-0.15, -0.1) is 0 Å². The zero-order valence-corrected chi connectivity index (χ0v) is 18.9. The van der Waals surface area contributed by atoms with Crippen molar-refractivity contribution in [2.75, 3.05) is 11.6 Å². The van der Waals surface area contributed by atoms with Crippen LogP contribution in [0.1, 0.15) is 49.3 Å². The van der Waals surface area contributed by atoms with E-state index in [0.717, 1.165) is 31.9 Å². The van der Waals surface area contributed by atoms with E-state index in [2.05, 4.69) is 20.4 Å². The van der Waals surface area contributed by atoms with Crippen LogP contribution in [0.25, 0.3) is 0 Å². The number of anilines is 1. The molecule has 1 saturated carbocycles. The Morgan fingerprint density at radius 1 is 1.34 bits per heavy atom. The van der Waals surface area contributed by atoms with Crippen molar-refractivity contribution in [1.29, 1.82) is 5.26 Å². The van der Waals surface area contributed by atoms with Gasteiger partial charge in [0.2, 0.25) is 11.6 Å². The molecule has 2 aromatic rings. The molecule has 0 spiro atoms. The molecule has 3 rings (SSSR count). The fourth-order valence-electron chi connectivity index (χ4n) is 3.87. The maximum absolute atomic E-state index is 13.2. The quantitative estimate of drug-likeness (QED) is 0.353. The zero-order valence-electron chi connectivity index (χ0n) is 17.3. The topological polar surface area (TPSA) is 145 Å². The van der Waals surface area contributed by atoms with E-state index in [0.29, 0.717) is 17.9 Å². The molecule has 0 aliphatic heterocycles. The summed E-state index contributed by atoms with van der Waals surface area (Å²) in [4.78, 5) is 21.2. The molecule has 1 fully saturated rings. The molecule has 0 saturated heterocycles. The number of amides is 1. The first-order valence-electron chi connectivity index (χ1n) is 9.98. The van der Waals surface area contributed by atoms with Crippen molar-refractivity contribution in [3.05, 3.63) is 46.9 Å². The third-order valence-electron chi connectivity index (χ3n) is 5.47. The van der Waals surface area contributed by atoms with Crippen molar-refractivity contribution in [1.82, 2.24) is 9.97 Å². The number of carbonyl (C=O) groups excluding carboxylic acids is 1. The standard InChI is InChI=1S/C21H22ClN5O4S/c1-32(30,31)19-7-6-14(9-16(19)22)15(8-13-4-2-3-5-13)21(28)26-20-12-24-18(11-25-20)17(10-23)27-29/h6-7,9,11-13,15,29H,2-5,8H2,1H3,(H,25,26,28)/b27-17-. The van der Waals surface area contributed by atoms with Crippen molar-refractivity contribution in [2.45, 2.75) is 42.9 Å². The van der Waals surface area contributed by atoms with Crippen molar-refractivity contribution in [3.8, 4) is 6.07 Å². The van der Waals surface area contributed by atoms with E-state index < -0.39 is 15.8 Å². The number of hydrogen-bond donors (Lipinski definition) is 2. The summed E-state index contributed by atoms with van der Waals surface area (Å²) in [6.45, 7) is 0. The van der Waals surface area contributed by atoms with Gasteiger partial charge in [0, 0.05) is 6.26 Å². The lowest BCUT2D eigenvalue weighted by molar-refractivity contribution is -0.118. The molecular weight excluding hydrogens is 454 g/mol. The molecule has 9 nitrogen and oxygen atoms in total. The van der Waals surface area contributed by atoms with Crippen molar-refractivity contribution >= 4 is 38.9 Å². The average Bonchev–Trinajstić information content (AvgIpc) is 3.26. The largest absolute Gasteiger partial charge is 0.410 e. The Labute approximate surface area is 191 Å². The monoisotopic (exact) mass is 475 g/mol. The van der Waals surface area contributed by atoms with Gasteiger partial charge in [-0.25, -0.2) is 18.4 Å². The van der Waals surface area contributed by atoms with E-state index in [-0.39, 0.29) is 33.0 Å². The highest BCUT2D eigenvalue weighted by Crippen LogP contribution is 2.36. The second-order valence-electron chi connectivity index (χ2n) is 7.74. The summed E-state index contributed by atoms with van der Waals surface area (Å²) >= 11 is 6.22. The third-order valence-corrected chi connectivity index (χ3v) is 7.05. The maximum Gasteiger partial charge on any atom is 0.233 e. The number of carbonyl (C=O) groups is 1. The number of rotatable bonds is 7. The van der Waals surface area contributed by atoms with Crippen LogP contribution in [0, 0.1) is 17.2 Å². The molecule has 1 atom stereocenters. The molecule has 1 heterocycles. The fourth-order valence-corrected chi connectivity index (χ4v) is 5.21. The van der Waals surface area contributed by atoms with Gasteiger partial charge in [-0.3, -0.25) is 4.79 Å². The zero-order chi connectivity index (χ0) is 23.3. The van der Waals surface area contributed by atoms with Gasteiger partial charge in [0.05, 0.1) is 28.2 Å². The molecule has 1 amide bonds.